The summed E-state index contributed by atoms with van der Waals surface area (Å²) in [6.07, 6.45) is 0. The van der Waals surface area contributed by atoms with E-state index in [1.165, 1.54) is 23.3 Å². The molecule has 0 aliphatic rings. The molecular formula is C13H13F2N3OS. The quantitative estimate of drug-likeness (QED) is 0.886. The van der Waals surface area contributed by atoms with Crippen molar-refractivity contribution in [2.45, 2.75) is 13.5 Å². The lowest BCUT2D eigenvalue weighted by Crippen LogP contribution is -2.28. The summed E-state index contributed by atoms with van der Waals surface area (Å²) in [5, 5.41) is 0. The van der Waals surface area contributed by atoms with Crippen LogP contribution in [0.4, 0.5) is 14.5 Å². The number of rotatable bonds is 3. The van der Waals surface area contributed by atoms with Gasteiger partial charge >= 0.3 is 0 Å². The first kappa shape index (κ1) is 14.4. The summed E-state index contributed by atoms with van der Waals surface area (Å²) in [6, 6.07) is 2.08. The van der Waals surface area contributed by atoms with E-state index in [1.54, 1.807) is 5.51 Å². The SMILES string of the molecule is Cc1ncsc1CN(C)C(=O)c1c(F)ccc(N)c1F. The highest BCUT2D eigenvalue weighted by molar-refractivity contribution is 7.09. The third-order valence-corrected chi connectivity index (χ3v) is 3.83. The first-order valence-electron chi connectivity index (χ1n) is 5.79. The molecule has 0 saturated heterocycles. The molecule has 106 valence electrons. The number of amides is 1. The normalized spacial score (nSPS) is 10.6. The van der Waals surface area contributed by atoms with Crippen LogP contribution in [-0.2, 0) is 6.54 Å². The van der Waals surface area contributed by atoms with Crippen molar-refractivity contribution in [3.8, 4) is 0 Å². The number of nitrogens with two attached hydrogens (primary N) is 1. The Labute approximate surface area is 118 Å². The lowest BCUT2D eigenvalue weighted by molar-refractivity contribution is 0.0776. The summed E-state index contributed by atoms with van der Waals surface area (Å²) in [7, 11) is 1.48. The largest absolute Gasteiger partial charge is 0.396 e. The minimum Gasteiger partial charge on any atom is -0.396 e. The maximum absolute atomic E-state index is 13.8. The molecule has 1 heterocycles. The second kappa shape index (κ2) is 5.54. The van der Waals surface area contributed by atoms with Crippen LogP contribution in [0.3, 0.4) is 0 Å². The van der Waals surface area contributed by atoms with Crippen LogP contribution in [0.5, 0.6) is 0 Å². The highest BCUT2D eigenvalue weighted by Gasteiger charge is 2.23. The number of hydrogen-bond acceptors (Lipinski definition) is 4. The second-order valence-corrected chi connectivity index (χ2v) is 5.29. The van der Waals surface area contributed by atoms with E-state index >= 15 is 0 Å². The van der Waals surface area contributed by atoms with Gasteiger partial charge in [0.25, 0.3) is 5.91 Å². The Morgan fingerprint density at radius 3 is 2.75 bits per heavy atom. The summed E-state index contributed by atoms with van der Waals surface area (Å²) in [5.41, 5.74) is 6.94. The fourth-order valence-corrected chi connectivity index (χ4v) is 2.55. The van der Waals surface area contributed by atoms with E-state index in [0.717, 1.165) is 22.7 Å². The van der Waals surface area contributed by atoms with Gasteiger partial charge in [-0.15, -0.1) is 11.3 Å². The maximum Gasteiger partial charge on any atom is 0.259 e. The molecule has 1 aromatic heterocycles. The number of carbonyl (C=O) groups excluding carboxylic acids is 1. The molecule has 0 atom stereocenters. The molecule has 2 rings (SSSR count). The molecule has 0 aliphatic carbocycles. The van der Waals surface area contributed by atoms with Crippen LogP contribution in [-0.4, -0.2) is 22.8 Å². The number of anilines is 1. The number of benzene rings is 1. The predicted molar refractivity (Wildman–Crippen MR) is 73.4 cm³/mol. The van der Waals surface area contributed by atoms with Crippen molar-refractivity contribution < 1.29 is 13.6 Å². The van der Waals surface area contributed by atoms with Gasteiger partial charge in [0.2, 0.25) is 0 Å². The van der Waals surface area contributed by atoms with Crippen molar-refractivity contribution in [3.05, 3.63) is 45.4 Å². The minimum absolute atomic E-state index is 0.239. The van der Waals surface area contributed by atoms with Crippen molar-refractivity contribution in [2.75, 3.05) is 12.8 Å². The zero-order valence-electron chi connectivity index (χ0n) is 11.0. The molecule has 4 nitrogen and oxygen atoms in total. The third-order valence-electron chi connectivity index (χ3n) is 2.91. The standard InChI is InChI=1S/C13H13F2N3OS/c1-7-10(20-6-17-7)5-18(2)13(19)11-8(14)3-4-9(16)12(11)15/h3-4,6H,5,16H2,1-2H3. The van der Waals surface area contributed by atoms with Crippen LogP contribution in [0.1, 0.15) is 20.9 Å². The van der Waals surface area contributed by atoms with E-state index in [0.29, 0.717) is 0 Å². The molecule has 0 unspecified atom stereocenters. The Balaban J connectivity index is 2.28. The van der Waals surface area contributed by atoms with E-state index in [2.05, 4.69) is 4.98 Å². The van der Waals surface area contributed by atoms with Gasteiger partial charge in [-0.2, -0.15) is 0 Å². The van der Waals surface area contributed by atoms with Crippen molar-refractivity contribution in [1.82, 2.24) is 9.88 Å². The number of hydrogen-bond donors (Lipinski definition) is 1. The van der Waals surface area contributed by atoms with E-state index in [-0.39, 0.29) is 12.2 Å². The Morgan fingerprint density at radius 1 is 1.45 bits per heavy atom. The lowest BCUT2D eigenvalue weighted by Gasteiger charge is -2.17. The molecule has 2 N–H and O–H groups in total. The van der Waals surface area contributed by atoms with Gasteiger partial charge in [-0.3, -0.25) is 4.79 Å². The molecule has 7 heteroatoms. The Hall–Kier alpha value is -2.02. The molecule has 1 amide bonds. The maximum atomic E-state index is 13.8. The molecule has 1 aromatic carbocycles. The Kier molecular flexibility index (Phi) is 3.99. The molecule has 2 aromatic rings. The number of nitrogen functional groups attached to an aromatic ring is 1. The van der Waals surface area contributed by atoms with Gasteiger partial charge in [-0.05, 0) is 19.1 Å². The first-order chi connectivity index (χ1) is 9.41. The summed E-state index contributed by atoms with van der Waals surface area (Å²) >= 11 is 1.38. The highest BCUT2D eigenvalue weighted by atomic mass is 32.1. The van der Waals surface area contributed by atoms with E-state index in [9.17, 15) is 13.6 Å². The van der Waals surface area contributed by atoms with Gasteiger partial charge in [-0.1, -0.05) is 0 Å². The number of aromatic nitrogens is 1. The molecule has 0 spiro atoms. The van der Waals surface area contributed by atoms with Crippen LogP contribution in [0, 0.1) is 18.6 Å². The van der Waals surface area contributed by atoms with Crippen molar-refractivity contribution >= 4 is 22.9 Å². The summed E-state index contributed by atoms with van der Waals surface area (Å²) in [6.45, 7) is 2.05. The van der Waals surface area contributed by atoms with Crippen LogP contribution in [0.2, 0.25) is 0 Å². The fourth-order valence-electron chi connectivity index (χ4n) is 1.72. The third kappa shape index (κ3) is 2.62. The second-order valence-electron chi connectivity index (χ2n) is 4.35. The molecular weight excluding hydrogens is 284 g/mol. The minimum atomic E-state index is -1.03. The highest BCUT2D eigenvalue weighted by Crippen LogP contribution is 2.21. The molecule has 20 heavy (non-hydrogen) atoms. The number of thiazole rings is 1. The van der Waals surface area contributed by atoms with Gasteiger partial charge in [0, 0.05) is 11.9 Å². The van der Waals surface area contributed by atoms with Crippen LogP contribution in [0.25, 0.3) is 0 Å². The summed E-state index contributed by atoms with van der Waals surface area (Å²) in [5.74, 6) is -2.70. The van der Waals surface area contributed by atoms with Gasteiger partial charge in [0.05, 0.1) is 23.4 Å². The van der Waals surface area contributed by atoms with E-state index in [1.807, 2.05) is 6.92 Å². The molecule has 0 fully saturated rings. The average molecular weight is 297 g/mol. The first-order valence-corrected chi connectivity index (χ1v) is 6.67. The zero-order valence-corrected chi connectivity index (χ0v) is 11.8. The van der Waals surface area contributed by atoms with Gasteiger partial charge in [0.1, 0.15) is 11.4 Å². The Bertz CT molecular complexity index is 657. The Morgan fingerprint density at radius 2 is 2.15 bits per heavy atom. The van der Waals surface area contributed by atoms with Crippen LogP contribution in [0.15, 0.2) is 17.6 Å². The topological polar surface area (TPSA) is 59.2 Å². The van der Waals surface area contributed by atoms with Crippen molar-refractivity contribution in [3.63, 3.8) is 0 Å². The monoisotopic (exact) mass is 297 g/mol. The van der Waals surface area contributed by atoms with Crippen molar-refractivity contribution in [1.29, 1.82) is 0 Å². The fraction of sp³-hybridized carbons (Fsp3) is 0.231. The average Bonchev–Trinajstić information content (AvgIpc) is 2.80. The molecule has 0 radical (unpaired) electrons. The van der Waals surface area contributed by atoms with Crippen LogP contribution < -0.4 is 5.73 Å². The number of halogens is 2. The van der Waals surface area contributed by atoms with E-state index < -0.39 is 23.1 Å². The molecule has 0 saturated carbocycles. The van der Waals surface area contributed by atoms with E-state index in [4.69, 9.17) is 5.73 Å². The molecule has 0 bridgehead atoms. The van der Waals surface area contributed by atoms with Crippen LogP contribution >= 0.6 is 11.3 Å². The lowest BCUT2D eigenvalue weighted by atomic mass is 10.1. The van der Waals surface area contributed by atoms with Gasteiger partial charge < -0.3 is 10.6 Å². The summed E-state index contributed by atoms with van der Waals surface area (Å²) < 4.78 is 27.5. The van der Waals surface area contributed by atoms with Gasteiger partial charge in [0.15, 0.2) is 5.82 Å². The van der Waals surface area contributed by atoms with Crippen molar-refractivity contribution in [2.24, 2.45) is 0 Å². The van der Waals surface area contributed by atoms with Gasteiger partial charge in [-0.25, -0.2) is 13.8 Å². The number of aryl methyl sites for hydroxylation is 1. The predicted octanol–water partition coefficient (Wildman–Crippen LogP) is 2.58. The molecule has 0 aliphatic heterocycles. The number of nitrogens with zero attached hydrogens (tertiary/aromatic N) is 2. The smallest absolute Gasteiger partial charge is 0.259 e. The summed E-state index contributed by atoms with van der Waals surface area (Å²) in [4.78, 5) is 18.3. The zero-order chi connectivity index (χ0) is 14.9. The number of carbonyl (C=O) groups is 1.